The van der Waals surface area contributed by atoms with Crippen LogP contribution in [0.5, 0.6) is 0 Å². The van der Waals surface area contributed by atoms with E-state index in [-0.39, 0.29) is 5.91 Å². The van der Waals surface area contributed by atoms with Crippen molar-refractivity contribution in [3.05, 3.63) is 66.4 Å². The van der Waals surface area contributed by atoms with E-state index in [0.29, 0.717) is 11.5 Å². The molecule has 0 aromatic carbocycles. The van der Waals surface area contributed by atoms with Crippen molar-refractivity contribution in [2.75, 3.05) is 13.1 Å². The van der Waals surface area contributed by atoms with Crippen LogP contribution in [-0.2, 0) is 6.42 Å². The summed E-state index contributed by atoms with van der Waals surface area (Å²) in [4.78, 5) is 27.4. The maximum absolute atomic E-state index is 12.7. The van der Waals surface area contributed by atoms with Gasteiger partial charge in [0.05, 0.1) is 11.1 Å². The maximum atomic E-state index is 12.7. The molecule has 1 fully saturated rings. The first-order valence-electron chi connectivity index (χ1n) is 9.18. The molecule has 0 saturated carbocycles. The van der Waals surface area contributed by atoms with Crippen LogP contribution in [0.4, 0.5) is 0 Å². The van der Waals surface area contributed by atoms with Crippen LogP contribution in [0.15, 0.2) is 55.2 Å². The first-order chi connectivity index (χ1) is 12.8. The van der Waals surface area contributed by atoms with Crippen LogP contribution in [0.2, 0.25) is 0 Å². The largest absolute Gasteiger partial charge is 0.339 e. The molecule has 0 radical (unpaired) electrons. The number of aromatic nitrogens is 3. The first kappa shape index (κ1) is 16.6. The number of hydrogen-bond acceptors (Lipinski definition) is 4. The van der Waals surface area contributed by atoms with E-state index < -0.39 is 0 Å². The number of rotatable bonds is 3. The number of amides is 1. The lowest BCUT2D eigenvalue weighted by atomic mass is 9.92. The second-order valence-electron chi connectivity index (χ2n) is 6.90. The predicted molar refractivity (Wildman–Crippen MR) is 101 cm³/mol. The van der Waals surface area contributed by atoms with Gasteiger partial charge in [-0.15, -0.1) is 0 Å². The fourth-order valence-electron chi connectivity index (χ4n) is 3.78. The van der Waals surface area contributed by atoms with E-state index in [9.17, 15) is 4.79 Å². The van der Waals surface area contributed by atoms with Gasteiger partial charge in [0, 0.05) is 49.5 Å². The Kier molecular flexibility index (Phi) is 4.86. The minimum atomic E-state index is 0.0947. The predicted octanol–water partition coefficient (Wildman–Crippen LogP) is 3.51. The summed E-state index contributed by atoms with van der Waals surface area (Å²) in [6, 6.07) is 7.72. The van der Waals surface area contributed by atoms with E-state index in [1.165, 1.54) is 5.56 Å². The Morgan fingerprint density at radius 1 is 1.04 bits per heavy atom. The molecule has 4 rings (SSSR count). The molecule has 1 saturated heterocycles. The minimum absolute atomic E-state index is 0.0947. The van der Waals surface area contributed by atoms with Crippen LogP contribution < -0.4 is 0 Å². The number of pyridine rings is 3. The van der Waals surface area contributed by atoms with Crippen LogP contribution in [-0.4, -0.2) is 38.8 Å². The molecule has 1 aliphatic rings. The van der Waals surface area contributed by atoms with Gasteiger partial charge in [0.2, 0.25) is 0 Å². The molecular formula is C21H22N4O. The lowest BCUT2D eigenvalue weighted by molar-refractivity contribution is 0.0759. The van der Waals surface area contributed by atoms with Gasteiger partial charge in [-0.2, -0.15) is 0 Å². The topological polar surface area (TPSA) is 59.0 Å². The van der Waals surface area contributed by atoms with Crippen molar-refractivity contribution in [1.29, 1.82) is 0 Å². The van der Waals surface area contributed by atoms with Crippen molar-refractivity contribution in [3.63, 3.8) is 0 Å². The molecule has 0 aliphatic carbocycles. The second kappa shape index (κ2) is 7.60. The third kappa shape index (κ3) is 3.57. The van der Waals surface area contributed by atoms with Crippen LogP contribution in [0, 0.1) is 5.92 Å². The summed E-state index contributed by atoms with van der Waals surface area (Å²) in [6.07, 6.45) is 13.1. The number of likely N-dealkylation sites (tertiary alicyclic amines) is 1. The van der Waals surface area contributed by atoms with Crippen molar-refractivity contribution in [2.24, 2.45) is 5.92 Å². The zero-order valence-corrected chi connectivity index (χ0v) is 14.7. The summed E-state index contributed by atoms with van der Waals surface area (Å²) in [5.41, 5.74) is 2.98. The van der Waals surface area contributed by atoms with E-state index in [1.807, 2.05) is 35.5 Å². The highest BCUT2D eigenvalue weighted by atomic mass is 16.2. The fourth-order valence-corrected chi connectivity index (χ4v) is 3.78. The third-order valence-corrected chi connectivity index (χ3v) is 5.19. The fraction of sp³-hybridized carbons (Fsp3) is 0.333. The van der Waals surface area contributed by atoms with Crippen molar-refractivity contribution < 1.29 is 4.79 Å². The summed E-state index contributed by atoms with van der Waals surface area (Å²) in [6.45, 7) is 1.63. The van der Waals surface area contributed by atoms with Crippen molar-refractivity contribution >= 4 is 16.8 Å². The molecule has 0 bridgehead atoms. The van der Waals surface area contributed by atoms with E-state index >= 15 is 0 Å². The zero-order chi connectivity index (χ0) is 17.8. The summed E-state index contributed by atoms with van der Waals surface area (Å²) in [7, 11) is 0. The molecule has 3 aromatic heterocycles. The van der Waals surface area contributed by atoms with Gasteiger partial charge in [0.25, 0.3) is 5.91 Å². The number of fused-ring (bicyclic) bond motifs is 1. The molecule has 0 N–H and O–H groups in total. The van der Waals surface area contributed by atoms with Crippen molar-refractivity contribution in [2.45, 2.75) is 25.7 Å². The monoisotopic (exact) mass is 346 g/mol. The Morgan fingerprint density at radius 2 is 1.96 bits per heavy atom. The number of nitrogens with zero attached hydrogens (tertiary/aromatic N) is 4. The van der Waals surface area contributed by atoms with E-state index in [4.69, 9.17) is 0 Å². The Labute approximate surface area is 153 Å². The molecule has 5 heteroatoms. The van der Waals surface area contributed by atoms with Crippen LogP contribution >= 0.6 is 0 Å². The van der Waals surface area contributed by atoms with Gasteiger partial charge in [-0.3, -0.25) is 19.7 Å². The maximum Gasteiger partial charge on any atom is 0.255 e. The molecule has 4 heterocycles. The van der Waals surface area contributed by atoms with Gasteiger partial charge < -0.3 is 4.90 Å². The number of carbonyl (C=O) groups excluding carboxylic acids is 1. The van der Waals surface area contributed by atoms with E-state index in [0.717, 1.165) is 49.7 Å². The van der Waals surface area contributed by atoms with Crippen molar-refractivity contribution in [3.8, 4) is 0 Å². The minimum Gasteiger partial charge on any atom is -0.339 e. The summed E-state index contributed by atoms with van der Waals surface area (Å²) in [5, 5.41) is 1.14. The molecule has 0 spiro atoms. The van der Waals surface area contributed by atoms with Crippen LogP contribution in [0.3, 0.4) is 0 Å². The van der Waals surface area contributed by atoms with Gasteiger partial charge in [0.15, 0.2) is 0 Å². The average Bonchev–Trinajstić information content (AvgIpc) is 2.94. The Bertz CT molecular complexity index is 891. The smallest absolute Gasteiger partial charge is 0.255 e. The van der Waals surface area contributed by atoms with Crippen LogP contribution in [0.1, 0.15) is 35.2 Å². The standard InChI is InChI=1S/C21H22N4O/c26-21(18-4-1-8-22-14-18)25-11-2-3-16(7-12-25)13-17-5-10-24-20-6-9-23-15-19(17)20/h1,4-6,8-10,14-16H,2-3,7,11-13H2. The van der Waals surface area contributed by atoms with Crippen molar-refractivity contribution in [1.82, 2.24) is 19.9 Å². The first-order valence-corrected chi connectivity index (χ1v) is 9.18. The molecule has 132 valence electrons. The molecule has 1 atom stereocenters. The Balaban J connectivity index is 1.45. The molecule has 5 nitrogen and oxygen atoms in total. The van der Waals surface area contributed by atoms with E-state index in [1.54, 1.807) is 18.6 Å². The summed E-state index contributed by atoms with van der Waals surface area (Å²) < 4.78 is 0. The second-order valence-corrected chi connectivity index (χ2v) is 6.90. The third-order valence-electron chi connectivity index (χ3n) is 5.19. The summed E-state index contributed by atoms with van der Waals surface area (Å²) in [5.74, 6) is 0.671. The molecule has 3 aromatic rings. The SMILES string of the molecule is O=C(c1cccnc1)N1CCCC(Cc2ccnc3ccncc23)CC1. The van der Waals surface area contributed by atoms with Gasteiger partial charge in [-0.1, -0.05) is 0 Å². The highest BCUT2D eigenvalue weighted by Crippen LogP contribution is 2.25. The molecule has 1 unspecified atom stereocenters. The molecule has 1 amide bonds. The molecule has 26 heavy (non-hydrogen) atoms. The highest BCUT2D eigenvalue weighted by Gasteiger charge is 2.22. The van der Waals surface area contributed by atoms with Gasteiger partial charge in [0.1, 0.15) is 0 Å². The van der Waals surface area contributed by atoms with Gasteiger partial charge >= 0.3 is 0 Å². The Hall–Kier alpha value is -2.82. The van der Waals surface area contributed by atoms with Gasteiger partial charge in [-0.05, 0) is 61.4 Å². The lowest BCUT2D eigenvalue weighted by Crippen LogP contribution is -2.32. The average molecular weight is 346 g/mol. The van der Waals surface area contributed by atoms with Crippen LogP contribution in [0.25, 0.3) is 10.9 Å². The molecule has 1 aliphatic heterocycles. The molecular weight excluding hydrogens is 324 g/mol. The highest BCUT2D eigenvalue weighted by molar-refractivity contribution is 5.93. The summed E-state index contributed by atoms with van der Waals surface area (Å²) >= 11 is 0. The normalized spacial score (nSPS) is 17.8. The van der Waals surface area contributed by atoms with Gasteiger partial charge in [-0.25, -0.2) is 0 Å². The van der Waals surface area contributed by atoms with E-state index in [2.05, 4.69) is 21.0 Å². The quantitative estimate of drug-likeness (QED) is 0.728. The lowest BCUT2D eigenvalue weighted by Gasteiger charge is -2.20. The Morgan fingerprint density at radius 3 is 2.85 bits per heavy atom. The zero-order valence-electron chi connectivity index (χ0n) is 14.7. The number of hydrogen-bond donors (Lipinski definition) is 0. The number of carbonyl (C=O) groups is 1.